The summed E-state index contributed by atoms with van der Waals surface area (Å²) in [4.78, 5) is 9.58. The summed E-state index contributed by atoms with van der Waals surface area (Å²) in [6, 6.07) is 0.250. The zero-order valence-electron chi connectivity index (χ0n) is 15.3. The van der Waals surface area contributed by atoms with E-state index in [0.717, 1.165) is 43.9 Å². The number of amidine groups is 1. The second kappa shape index (κ2) is 6.86. The van der Waals surface area contributed by atoms with Gasteiger partial charge >= 0.3 is 0 Å². The van der Waals surface area contributed by atoms with Crippen molar-refractivity contribution < 1.29 is 0 Å². The topological polar surface area (TPSA) is 44.9 Å². The Morgan fingerprint density at radius 3 is 2.88 bits per heavy atom. The van der Waals surface area contributed by atoms with Crippen LogP contribution in [0.25, 0.3) is 0 Å². The minimum atomic E-state index is 0.250. The second-order valence-corrected chi connectivity index (χ2v) is 6.90. The number of fused-ring (bicyclic) bond motifs is 1. The minimum absolute atomic E-state index is 0.250. The van der Waals surface area contributed by atoms with Gasteiger partial charge in [0.15, 0.2) is 0 Å². The lowest BCUT2D eigenvalue weighted by atomic mass is 9.87. The first-order valence-corrected chi connectivity index (χ1v) is 8.85. The van der Waals surface area contributed by atoms with E-state index in [1.807, 2.05) is 6.92 Å². The standard InChI is InChI=1S/C20H28N4/c1-5-6-8-16-10-11-18-14(2)23(4)15(3)22-19(18)20(16)24-12-7-9-17(21)13-24/h10-11,16-17H,7-9,12-13,21H2,1-4H3/t16?,17-/m1/s1. The Kier molecular flexibility index (Phi) is 4.82. The number of nitrogens with two attached hydrogens (primary N) is 1. The molecular weight excluding hydrogens is 296 g/mol. The van der Waals surface area contributed by atoms with Crippen LogP contribution in [0.15, 0.2) is 39.8 Å². The molecule has 128 valence electrons. The van der Waals surface area contributed by atoms with Crippen molar-refractivity contribution in [1.82, 2.24) is 9.80 Å². The highest BCUT2D eigenvalue weighted by Crippen LogP contribution is 2.38. The zero-order chi connectivity index (χ0) is 17.3. The van der Waals surface area contributed by atoms with Gasteiger partial charge < -0.3 is 15.5 Å². The fourth-order valence-corrected chi connectivity index (χ4v) is 3.76. The molecule has 2 N–H and O–H groups in total. The number of hydrogen-bond acceptors (Lipinski definition) is 4. The maximum absolute atomic E-state index is 6.26. The Morgan fingerprint density at radius 2 is 2.17 bits per heavy atom. The molecule has 4 heteroatoms. The van der Waals surface area contributed by atoms with Crippen LogP contribution >= 0.6 is 0 Å². The number of rotatable bonds is 2. The van der Waals surface area contributed by atoms with Crippen molar-refractivity contribution in [3.63, 3.8) is 0 Å². The molecule has 1 saturated heterocycles. The van der Waals surface area contributed by atoms with Crippen molar-refractivity contribution in [1.29, 1.82) is 0 Å². The number of nitrogens with zero attached hydrogens (tertiary/aromatic N) is 3. The SMILES string of the molecule is CC#CCC1C=CC2=C(C)N(C)C(C)=NC2=C1N1CCC[C@@H](N)C1. The fraction of sp³-hybridized carbons (Fsp3) is 0.550. The summed E-state index contributed by atoms with van der Waals surface area (Å²) in [6.07, 6.45) is 7.63. The molecule has 0 spiro atoms. The van der Waals surface area contributed by atoms with Crippen LogP contribution in [0.2, 0.25) is 0 Å². The molecule has 2 atom stereocenters. The second-order valence-electron chi connectivity index (χ2n) is 6.90. The summed E-state index contributed by atoms with van der Waals surface area (Å²) >= 11 is 0. The van der Waals surface area contributed by atoms with E-state index >= 15 is 0 Å². The molecule has 0 bridgehead atoms. The van der Waals surface area contributed by atoms with E-state index in [1.165, 1.54) is 17.0 Å². The van der Waals surface area contributed by atoms with Crippen LogP contribution in [0.5, 0.6) is 0 Å². The normalized spacial score (nSPS) is 27.0. The van der Waals surface area contributed by atoms with Gasteiger partial charge in [0.1, 0.15) is 5.84 Å². The Morgan fingerprint density at radius 1 is 1.38 bits per heavy atom. The summed E-state index contributed by atoms with van der Waals surface area (Å²) in [5.41, 5.74) is 11.2. The maximum atomic E-state index is 6.26. The summed E-state index contributed by atoms with van der Waals surface area (Å²) in [6.45, 7) is 8.13. The van der Waals surface area contributed by atoms with Crippen molar-refractivity contribution >= 4 is 5.84 Å². The predicted molar refractivity (Wildman–Crippen MR) is 100 cm³/mol. The van der Waals surface area contributed by atoms with Crippen LogP contribution in [0.1, 0.15) is 40.0 Å². The van der Waals surface area contributed by atoms with E-state index in [4.69, 9.17) is 10.7 Å². The number of piperidine rings is 1. The first kappa shape index (κ1) is 16.9. The Balaban J connectivity index is 2.08. The third kappa shape index (κ3) is 3.01. The molecule has 0 saturated carbocycles. The molecule has 3 aliphatic rings. The molecule has 0 aromatic rings. The summed E-state index contributed by atoms with van der Waals surface area (Å²) in [5.74, 6) is 7.64. The van der Waals surface area contributed by atoms with Crippen LogP contribution in [0.4, 0.5) is 0 Å². The van der Waals surface area contributed by atoms with Crippen molar-refractivity contribution in [2.75, 3.05) is 20.1 Å². The van der Waals surface area contributed by atoms with Crippen LogP contribution in [0, 0.1) is 17.8 Å². The van der Waals surface area contributed by atoms with Gasteiger partial charge in [-0.25, -0.2) is 4.99 Å². The number of allylic oxidation sites excluding steroid dienone is 3. The number of hydrogen-bond donors (Lipinski definition) is 1. The van der Waals surface area contributed by atoms with Gasteiger partial charge in [0.25, 0.3) is 0 Å². The molecule has 0 aromatic carbocycles. The average Bonchev–Trinajstić information content (AvgIpc) is 2.57. The van der Waals surface area contributed by atoms with Crippen molar-refractivity contribution in [3.8, 4) is 11.8 Å². The van der Waals surface area contributed by atoms with E-state index in [-0.39, 0.29) is 6.04 Å². The predicted octanol–water partition coefficient (Wildman–Crippen LogP) is 2.86. The molecule has 1 aliphatic carbocycles. The summed E-state index contributed by atoms with van der Waals surface area (Å²) in [5, 5.41) is 0. The molecule has 2 heterocycles. The van der Waals surface area contributed by atoms with Gasteiger partial charge in [0.2, 0.25) is 0 Å². The molecule has 0 radical (unpaired) electrons. The summed E-state index contributed by atoms with van der Waals surface area (Å²) < 4.78 is 0. The molecule has 4 nitrogen and oxygen atoms in total. The van der Waals surface area contributed by atoms with Gasteiger partial charge in [-0.2, -0.15) is 0 Å². The Labute approximate surface area is 145 Å². The quantitative estimate of drug-likeness (QED) is 0.795. The van der Waals surface area contributed by atoms with Crippen molar-refractivity contribution in [2.45, 2.75) is 46.1 Å². The highest BCUT2D eigenvalue weighted by Gasteiger charge is 2.32. The molecule has 2 aliphatic heterocycles. The van der Waals surface area contributed by atoms with Gasteiger partial charge in [-0.15, -0.1) is 11.8 Å². The van der Waals surface area contributed by atoms with Crippen LogP contribution < -0.4 is 5.73 Å². The third-order valence-corrected chi connectivity index (χ3v) is 5.29. The molecular formula is C20H28N4. The highest BCUT2D eigenvalue weighted by atomic mass is 15.2. The number of aliphatic imine (C=N–C) groups is 1. The molecule has 0 amide bonds. The summed E-state index contributed by atoms with van der Waals surface area (Å²) in [7, 11) is 2.08. The molecule has 3 rings (SSSR count). The van der Waals surface area contributed by atoms with Gasteiger partial charge in [0.05, 0.1) is 5.70 Å². The average molecular weight is 324 g/mol. The highest BCUT2D eigenvalue weighted by molar-refractivity contribution is 5.85. The van der Waals surface area contributed by atoms with Crippen LogP contribution in [0.3, 0.4) is 0 Å². The van der Waals surface area contributed by atoms with Crippen molar-refractivity contribution in [3.05, 3.63) is 34.8 Å². The molecule has 0 aromatic heterocycles. The lowest BCUT2D eigenvalue weighted by Gasteiger charge is -2.40. The molecule has 1 fully saturated rings. The lowest BCUT2D eigenvalue weighted by Crippen LogP contribution is -2.44. The maximum Gasteiger partial charge on any atom is 0.106 e. The smallest absolute Gasteiger partial charge is 0.106 e. The largest absolute Gasteiger partial charge is 0.371 e. The fourth-order valence-electron chi connectivity index (χ4n) is 3.76. The van der Waals surface area contributed by atoms with Gasteiger partial charge in [0, 0.05) is 55.5 Å². The van der Waals surface area contributed by atoms with E-state index in [0.29, 0.717) is 5.92 Å². The lowest BCUT2D eigenvalue weighted by molar-refractivity contribution is 0.239. The van der Waals surface area contributed by atoms with Crippen LogP contribution in [-0.4, -0.2) is 41.8 Å². The van der Waals surface area contributed by atoms with E-state index in [2.05, 4.69) is 54.7 Å². The molecule has 24 heavy (non-hydrogen) atoms. The van der Waals surface area contributed by atoms with E-state index < -0.39 is 0 Å². The zero-order valence-corrected chi connectivity index (χ0v) is 15.3. The first-order chi connectivity index (χ1) is 11.5. The van der Waals surface area contributed by atoms with Crippen molar-refractivity contribution in [2.24, 2.45) is 16.6 Å². The van der Waals surface area contributed by atoms with Gasteiger partial charge in [-0.1, -0.05) is 12.2 Å². The van der Waals surface area contributed by atoms with Gasteiger partial charge in [-0.05, 0) is 33.6 Å². The first-order valence-electron chi connectivity index (χ1n) is 8.85. The Hall–Kier alpha value is -1.99. The minimum Gasteiger partial charge on any atom is -0.371 e. The molecule has 1 unspecified atom stereocenters. The van der Waals surface area contributed by atoms with Crippen LogP contribution in [-0.2, 0) is 0 Å². The Bertz CT molecular complexity index is 699. The third-order valence-electron chi connectivity index (χ3n) is 5.29. The number of likely N-dealkylation sites (tertiary alicyclic amines) is 1. The van der Waals surface area contributed by atoms with E-state index in [1.54, 1.807) is 0 Å². The monoisotopic (exact) mass is 324 g/mol. The van der Waals surface area contributed by atoms with Gasteiger partial charge in [-0.3, -0.25) is 0 Å². The van der Waals surface area contributed by atoms with E-state index in [9.17, 15) is 0 Å².